The minimum atomic E-state index is 0. The van der Waals surface area contributed by atoms with Crippen LogP contribution in [-0.2, 0) is 9.53 Å². The predicted octanol–water partition coefficient (Wildman–Crippen LogP) is 0.137. The highest BCUT2D eigenvalue weighted by Crippen LogP contribution is 2.17. The van der Waals surface area contributed by atoms with Crippen LogP contribution in [0.15, 0.2) is 0 Å². The van der Waals surface area contributed by atoms with Crippen molar-refractivity contribution in [2.75, 3.05) is 26.3 Å². The third kappa shape index (κ3) is 2.42. The van der Waals surface area contributed by atoms with Gasteiger partial charge in [-0.25, -0.2) is 0 Å². The van der Waals surface area contributed by atoms with Crippen LogP contribution in [0, 0.1) is 0 Å². The molecule has 0 aromatic rings. The molecule has 0 aromatic heterocycles. The predicted molar refractivity (Wildman–Crippen MR) is 52.6 cm³/mol. The van der Waals surface area contributed by atoms with Gasteiger partial charge in [-0.15, -0.1) is 0 Å². The van der Waals surface area contributed by atoms with Crippen molar-refractivity contribution in [3.63, 3.8) is 0 Å². The summed E-state index contributed by atoms with van der Waals surface area (Å²) in [6.45, 7) is 6.70. The molecular weight excluding hydrogens is 168 g/mol. The first-order valence-corrected chi connectivity index (χ1v) is 4.90. The van der Waals surface area contributed by atoms with Crippen molar-refractivity contribution < 1.29 is 11.0 Å². The summed E-state index contributed by atoms with van der Waals surface area (Å²) >= 11 is 0. The van der Waals surface area contributed by atoms with Crippen LogP contribution in [0.25, 0.3) is 0 Å². The molecule has 2 aliphatic rings. The van der Waals surface area contributed by atoms with E-state index in [0.717, 1.165) is 19.5 Å². The van der Waals surface area contributed by atoms with Crippen LogP contribution >= 0.6 is 0 Å². The second-order valence-electron chi connectivity index (χ2n) is 3.23. The SMILES string of the molecule is CC.O=C1COCCC2(CNC2)N1.[HH]. The van der Waals surface area contributed by atoms with Crippen LogP contribution in [0.2, 0.25) is 0 Å². The molecule has 0 saturated carbocycles. The monoisotopic (exact) mass is 188 g/mol. The zero-order valence-electron chi connectivity index (χ0n) is 8.35. The van der Waals surface area contributed by atoms with Crippen molar-refractivity contribution in [1.82, 2.24) is 10.6 Å². The summed E-state index contributed by atoms with van der Waals surface area (Å²) < 4.78 is 5.10. The Labute approximate surface area is 80.5 Å². The maximum Gasteiger partial charge on any atom is 0.246 e. The molecule has 13 heavy (non-hydrogen) atoms. The van der Waals surface area contributed by atoms with E-state index in [0.29, 0.717) is 6.61 Å². The lowest BCUT2D eigenvalue weighted by Crippen LogP contribution is -2.68. The third-order valence-electron chi connectivity index (χ3n) is 2.29. The van der Waals surface area contributed by atoms with Gasteiger partial charge in [-0.3, -0.25) is 4.79 Å². The molecule has 0 bridgehead atoms. The summed E-state index contributed by atoms with van der Waals surface area (Å²) in [5.41, 5.74) is 0.0214. The second-order valence-corrected chi connectivity index (χ2v) is 3.23. The fourth-order valence-electron chi connectivity index (χ4n) is 1.52. The Morgan fingerprint density at radius 2 is 2.15 bits per heavy atom. The molecule has 2 aliphatic heterocycles. The fourth-order valence-corrected chi connectivity index (χ4v) is 1.52. The van der Waals surface area contributed by atoms with Gasteiger partial charge in [-0.05, 0) is 6.42 Å². The molecule has 2 rings (SSSR count). The third-order valence-corrected chi connectivity index (χ3v) is 2.29. The Morgan fingerprint density at radius 3 is 2.69 bits per heavy atom. The highest BCUT2D eigenvalue weighted by molar-refractivity contribution is 5.78. The standard InChI is InChI=1S/C7H12N2O2.C2H6.H2/c10-6-3-11-2-1-7(9-6)4-8-5-7;1-2;/h8H,1-5H2,(H,9,10);1-2H3;1H. The Bertz CT molecular complexity index is 184. The first-order chi connectivity index (χ1) is 6.31. The van der Waals surface area contributed by atoms with Crippen LogP contribution < -0.4 is 10.6 Å². The van der Waals surface area contributed by atoms with Crippen molar-refractivity contribution in [1.29, 1.82) is 0 Å². The van der Waals surface area contributed by atoms with Crippen LogP contribution in [0.3, 0.4) is 0 Å². The number of carbonyl (C=O) groups excluding carboxylic acids is 1. The van der Waals surface area contributed by atoms with Gasteiger partial charge in [0.1, 0.15) is 6.61 Å². The topological polar surface area (TPSA) is 50.4 Å². The normalized spacial score (nSPS) is 24.9. The first kappa shape index (κ1) is 10.5. The fraction of sp³-hybridized carbons (Fsp3) is 0.889. The molecular formula is C9H20N2O2. The van der Waals surface area contributed by atoms with Gasteiger partial charge in [0.25, 0.3) is 0 Å². The molecule has 2 fully saturated rings. The van der Waals surface area contributed by atoms with E-state index in [2.05, 4.69) is 10.6 Å². The lowest BCUT2D eigenvalue weighted by Gasteiger charge is -2.41. The zero-order chi connectivity index (χ0) is 9.73. The van der Waals surface area contributed by atoms with Gasteiger partial charge < -0.3 is 15.4 Å². The minimum Gasteiger partial charge on any atom is -0.372 e. The van der Waals surface area contributed by atoms with E-state index in [1.165, 1.54) is 0 Å². The number of nitrogens with one attached hydrogen (secondary N) is 2. The van der Waals surface area contributed by atoms with E-state index in [-0.39, 0.29) is 19.5 Å². The largest absolute Gasteiger partial charge is 0.372 e. The number of ether oxygens (including phenoxy) is 1. The molecule has 0 atom stereocenters. The van der Waals surface area contributed by atoms with Gasteiger partial charge in [0.2, 0.25) is 5.91 Å². The van der Waals surface area contributed by atoms with Crippen LogP contribution in [0.5, 0.6) is 0 Å². The smallest absolute Gasteiger partial charge is 0.246 e. The van der Waals surface area contributed by atoms with Crippen molar-refractivity contribution >= 4 is 5.91 Å². The van der Waals surface area contributed by atoms with Crippen molar-refractivity contribution in [3.05, 3.63) is 0 Å². The van der Waals surface area contributed by atoms with Gasteiger partial charge in [-0.2, -0.15) is 0 Å². The number of rotatable bonds is 0. The lowest BCUT2D eigenvalue weighted by molar-refractivity contribution is -0.125. The Balaban J connectivity index is 0.000000531. The summed E-state index contributed by atoms with van der Waals surface area (Å²) in [5.74, 6) is 0.0176. The van der Waals surface area contributed by atoms with Gasteiger partial charge in [0.05, 0.1) is 5.54 Å². The minimum absolute atomic E-state index is 0. The highest BCUT2D eigenvalue weighted by atomic mass is 16.5. The Kier molecular flexibility index (Phi) is 3.69. The van der Waals surface area contributed by atoms with Crippen molar-refractivity contribution in [2.24, 2.45) is 0 Å². The van der Waals surface area contributed by atoms with Crippen molar-refractivity contribution in [3.8, 4) is 0 Å². The lowest BCUT2D eigenvalue weighted by atomic mass is 9.89. The van der Waals surface area contributed by atoms with Crippen LogP contribution in [0.1, 0.15) is 21.7 Å². The van der Waals surface area contributed by atoms with Gasteiger partial charge >= 0.3 is 0 Å². The van der Waals surface area contributed by atoms with Gasteiger partial charge in [-0.1, -0.05) is 13.8 Å². The second kappa shape index (κ2) is 4.58. The molecule has 4 heteroatoms. The molecule has 0 aromatic carbocycles. The van der Waals surface area contributed by atoms with E-state index in [4.69, 9.17) is 4.74 Å². The summed E-state index contributed by atoms with van der Waals surface area (Å²) in [6.07, 6.45) is 0.936. The van der Waals surface area contributed by atoms with E-state index in [9.17, 15) is 4.79 Å². The van der Waals surface area contributed by atoms with Crippen LogP contribution in [0.4, 0.5) is 0 Å². The van der Waals surface area contributed by atoms with E-state index < -0.39 is 0 Å². The number of carbonyl (C=O) groups is 1. The number of hydrogen-bond donors (Lipinski definition) is 2. The number of amides is 1. The molecule has 2 N–H and O–H groups in total. The molecule has 1 spiro atoms. The molecule has 2 saturated heterocycles. The van der Waals surface area contributed by atoms with Gasteiger partial charge in [0.15, 0.2) is 0 Å². The first-order valence-electron chi connectivity index (χ1n) is 4.90. The Hall–Kier alpha value is -0.610. The summed E-state index contributed by atoms with van der Waals surface area (Å²) in [4.78, 5) is 11.0. The van der Waals surface area contributed by atoms with Gasteiger partial charge in [0, 0.05) is 21.1 Å². The van der Waals surface area contributed by atoms with E-state index in [1.807, 2.05) is 13.8 Å². The zero-order valence-corrected chi connectivity index (χ0v) is 8.35. The average Bonchev–Trinajstić information content (AvgIpc) is 2.29. The summed E-state index contributed by atoms with van der Waals surface area (Å²) in [5, 5.41) is 6.12. The highest BCUT2D eigenvalue weighted by Gasteiger charge is 2.39. The number of hydrogen-bond acceptors (Lipinski definition) is 3. The van der Waals surface area contributed by atoms with Crippen molar-refractivity contribution in [2.45, 2.75) is 25.8 Å². The molecule has 2 heterocycles. The molecule has 0 radical (unpaired) electrons. The molecule has 0 aliphatic carbocycles. The maximum absolute atomic E-state index is 11.0. The van der Waals surface area contributed by atoms with Crippen LogP contribution in [-0.4, -0.2) is 37.7 Å². The van der Waals surface area contributed by atoms with E-state index >= 15 is 0 Å². The molecule has 0 unspecified atom stereocenters. The van der Waals surface area contributed by atoms with E-state index in [1.54, 1.807) is 0 Å². The quantitative estimate of drug-likeness (QED) is 0.568. The summed E-state index contributed by atoms with van der Waals surface area (Å²) in [6, 6.07) is 0. The molecule has 1 amide bonds. The molecule has 4 nitrogen and oxygen atoms in total. The summed E-state index contributed by atoms with van der Waals surface area (Å²) in [7, 11) is 0. The molecule has 78 valence electrons. The average molecular weight is 188 g/mol. The Morgan fingerprint density at radius 1 is 1.46 bits per heavy atom. The maximum atomic E-state index is 11.0.